The average molecular weight is 252 g/mol. The van der Waals surface area contributed by atoms with Crippen LogP contribution in [0.3, 0.4) is 0 Å². The largest absolute Gasteiger partial charge is 0.382 e. The molecule has 0 aromatic carbocycles. The van der Waals surface area contributed by atoms with Crippen molar-refractivity contribution in [3.63, 3.8) is 0 Å². The number of rotatable bonds is 6. The molecule has 2 rings (SSSR count). The molecular formula is C12H16N2O2S. The van der Waals surface area contributed by atoms with Gasteiger partial charge in [-0.2, -0.15) is 5.48 Å². The molecule has 0 bridgehead atoms. The molecule has 4 nitrogen and oxygen atoms in total. The van der Waals surface area contributed by atoms with Gasteiger partial charge in [0.25, 0.3) is 0 Å². The van der Waals surface area contributed by atoms with Crippen molar-refractivity contribution in [2.45, 2.75) is 13.0 Å². The fourth-order valence-corrected chi connectivity index (χ4v) is 2.26. The summed E-state index contributed by atoms with van der Waals surface area (Å²) in [6.45, 7) is 3.17. The van der Waals surface area contributed by atoms with E-state index in [1.807, 2.05) is 19.2 Å². The fourth-order valence-electron chi connectivity index (χ4n) is 1.48. The number of thiophene rings is 1. The molecule has 92 valence electrons. The van der Waals surface area contributed by atoms with Crippen molar-refractivity contribution in [2.24, 2.45) is 0 Å². The number of pyridine rings is 1. The van der Waals surface area contributed by atoms with Gasteiger partial charge in [-0.1, -0.05) is 0 Å². The first-order valence-corrected chi connectivity index (χ1v) is 6.38. The molecule has 0 amide bonds. The molecular weight excluding hydrogens is 236 g/mol. The van der Waals surface area contributed by atoms with Crippen LogP contribution in [0.4, 0.5) is 0 Å². The molecule has 1 atom stereocenters. The van der Waals surface area contributed by atoms with Crippen molar-refractivity contribution in [1.82, 2.24) is 10.5 Å². The molecule has 1 unspecified atom stereocenters. The normalized spacial score (nSPS) is 13.1. The molecule has 2 aromatic heterocycles. The van der Waals surface area contributed by atoms with Gasteiger partial charge in [-0.25, -0.2) is 0 Å². The van der Waals surface area contributed by atoms with Crippen LogP contribution in [-0.4, -0.2) is 25.3 Å². The number of aromatic nitrogens is 1. The molecule has 2 aromatic rings. The van der Waals surface area contributed by atoms with Gasteiger partial charge in [-0.3, -0.25) is 9.82 Å². The quantitative estimate of drug-likeness (QED) is 0.634. The van der Waals surface area contributed by atoms with Crippen LogP contribution < -0.4 is 5.48 Å². The Morgan fingerprint density at radius 2 is 2.35 bits per heavy atom. The first-order chi connectivity index (χ1) is 8.31. The van der Waals surface area contributed by atoms with E-state index >= 15 is 0 Å². The maximum Gasteiger partial charge on any atom is 0.0916 e. The van der Waals surface area contributed by atoms with E-state index in [2.05, 4.69) is 21.9 Å². The zero-order valence-corrected chi connectivity index (χ0v) is 10.8. The summed E-state index contributed by atoms with van der Waals surface area (Å²) in [5.41, 5.74) is 5.15. The molecule has 5 heteroatoms. The first kappa shape index (κ1) is 12.4. The van der Waals surface area contributed by atoms with Crippen molar-refractivity contribution < 1.29 is 9.57 Å². The van der Waals surface area contributed by atoms with Gasteiger partial charge in [-0.05, 0) is 30.0 Å². The summed E-state index contributed by atoms with van der Waals surface area (Å²) >= 11 is 1.70. The summed E-state index contributed by atoms with van der Waals surface area (Å²) in [5, 5.41) is 2.05. The number of ether oxygens (including phenoxy) is 1. The van der Waals surface area contributed by atoms with Crippen LogP contribution >= 0.6 is 11.3 Å². The molecule has 0 aliphatic rings. The van der Waals surface area contributed by atoms with Crippen molar-refractivity contribution in [1.29, 1.82) is 0 Å². The van der Waals surface area contributed by atoms with Crippen molar-refractivity contribution in [3.8, 4) is 0 Å². The van der Waals surface area contributed by atoms with Crippen molar-refractivity contribution in [2.75, 3.05) is 20.3 Å². The molecule has 0 radical (unpaired) electrons. The maximum atomic E-state index is 5.28. The van der Waals surface area contributed by atoms with Crippen LogP contribution in [0.5, 0.6) is 0 Å². The molecule has 1 N–H and O–H groups in total. The first-order valence-electron chi connectivity index (χ1n) is 5.50. The molecule has 17 heavy (non-hydrogen) atoms. The minimum Gasteiger partial charge on any atom is -0.382 e. The average Bonchev–Trinajstić information content (AvgIpc) is 2.81. The van der Waals surface area contributed by atoms with E-state index in [0.717, 1.165) is 11.1 Å². The lowest BCUT2D eigenvalue weighted by molar-refractivity contribution is -0.00927. The summed E-state index contributed by atoms with van der Waals surface area (Å²) in [7, 11) is 1.65. The molecule has 0 spiro atoms. The number of methoxy groups -OCH3 is 1. The molecule has 0 fully saturated rings. The number of fused-ring (bicyclic) bond motifs is 1. The van der Waals surface area contributed by atoms with E-state index in [0.29, 0.717) is 13.2 Å². The summed E-state index contributed by atoms with van der Waals surface area (Å²) in [4.78, 5) is 9.68. The van der Waals surface area contributed by atoms with Crippen molar-refractivity contribution in [3.05, 3.63) is 29.3 Å². The second-order valence-electron chi connectivity index (χ2n) is 3.75. The predicted molar refractivity (Wildman–Crippen MR) is 69.0 cm³/mol. The Morgan fingerprint density at radius 3 is 3.18 bits per heavy atom. The van der Waals surface area contributed by atoms with Gasteiger partial charge in [0.05, 0.1) is 29.5 Å². The highest BCUT2D eigenvalue weighted by Crippen LogP contribution is 2.22. The Hall–Kier alpha value is -1.01. The Kier molecular flexibility index (Phi) is 4.44. The van der Waals surface area contributed by atoms with Gasteiger partial charge < -0.3 is 4.74 Å². The summed E-state index contributed by atoms with van der Waals surface area (Å²) in [6.07, 6.45) is 1.88. The Bertz CT molecular complexity index is 472. The lowest BCUT2D eigenvalue weighted by atomic mass is 10.1. The lowest BCUT2D eigenvalue weighted by Gasteiger charge is -2.13. The third kappa shape index (κ3) is 3.23. The van der Waals surface area contributed by atoms with Crippen LogP contribution in [0, 0.1) is 0 Å². The summed E-state index contributed by atoms with van der Waals surface area (Å²) in [5.74, 6) is 0. The monoisotopic (exact) mass is 252 g/mol. The number of nitrogens with one attached hydrogen (secondary N) is 1. The van der Waals surface area contributed by atoms with E-state index in [4.69, 9.17) is 9.57 Å². The zero-order valence-electron chi connectivity index (χ0n) is 9.97. The third-order valence-electron chi connectivity index (χ3n) is 2.47. The van der Waals surface area contributed by atoms with Gasteiger partial charge in [-0.15, -0.1) is 11.3 Å². The van der Waals surface area contributed by atoms with E-state index in [1.165, 1.54) is 4.70 Å². The number of hydrogen-bond donors (Lipinski definition) is 1. The van der Waals surface area contributed by atoms with Crippen LogP contribution in [-0.2, 0) is 9.57 Å². The van der Waals surface area contributed by atoms with Crippen LogP contribution in [0.1, 0.15) is 18.5 Å². The van der Waals surface area contributed by atoms with Crippen LogP contribution in [0.25, 0.3) is 10.2 Å². The SMILES string of the molecule is COCCONC(C)c1cnc2ccsc2c1. The molecule has 0 saturated heterocycles. The van der Waals surface area contributed by atoms with E-state index in [1.54, 1.807) is 18.4 Å². The molecule has 0 aliphatic carbocycles. The van der Waals surface area contributed by atoms with Crippen molar-refractivity contribution >= 4 is 21.6 Å². The second kappa shape index (κ2) is 6.07. The Morgan fingerprint density at radius 1 is 1.47 bits per heavy atom. The second-order valence-corrected chi connectivity index (χ2v) is 4.70. The fraction of sp³-hybridized carbons (Fsp3) is 0.417. The number of hydrogen-bond acceptors (Lipinski definition) is 5. The lowest BCUT2D eigenvalue weighted by Crippen LogP contribution is -2.21. The van der Waals surface area contributed by atoms with E-state index < -0.39 is 0 Å². The minimum atomic E-state index is 0.117. The highest BCUT2D eigenvalue weighted by Gasteiger charge is 2.07. The predicted octanol–water partition coefficient (Wildman–Crippen LogP) is 2.52. The molecule has 2 heterocycles. The van der Waals surface area contributed by atoms with Gasteiger partial charge in [0.15, 0.2) is 0 Å². The molecule has 0 saturated carbocycles. The van der Waals surface area contributed by atoms with Crippen LogP contribution in [0.15, 0.2) is 23.7 Å². The van der Waals surface area contributed by atoms with E-state index in [9.17, 15) is 0 Å². The standard InChI is InChI=1S/C12H16N2O2S/c1-9(14-16-5-4-15-2)10-7-12-11(13-8-10)3-6-17-12/h3,6-9,14H,4-5H2,1-2H3. The minimum absolute atomic E-state index is 0.117. The topological polar surface area (TPSA) is 43.4 Å². The maximum absolute atomic E-state index is 5.28. The highest BCUT2D eigenvalue weighted by molar-refractivity contribution is 7.17. The Balaban J connectivity index is 1.95. The Labute approximate surface area is 105 Å². The number of nitrogens with zero attached hydrogens (tertiary/aromatic N) is 1. The van der Waals surface area contributed by atoms with Crippen LogP contribution in [0.2, 0.25) is 0 Å². The van der Waals surface area contributed by atoms with Gasteiger partial charge in [0.2, 0.25) is 0 Å². The highest BCUT2D eigenvalue weighted by atomic mass is 32.1. The summed E-state index contributed by atoms with van der Waals surface area (Å²) < 4.78 is 6.10. The van der Waals surface area contributed by atoms with E-state index in [-0.39, 0.29) is 6.04 Å². The number of hydroxylamine groups is 1. The van der Waals surface area contributed by atoms with Gasteiger partial charge >= 0.3 is 0 Å². The smallest absolute Gasteiger partial charge is 0.0916 e. The zero-order chi connectivity index (χ0) is 12.1. The third-order valence-corrected chi connectivity index (χ3v) is 3.33. The summed E-state index contributed by atoms with van der Waals surface area (Å²) in [6, 6.07) is 4.28. The molecule has 0 aliphatic heterocycles. The van der Waals surface area contributed by atoms with Gasteiger partial charge in [0, 0.05) is 13.3 Å². The van der Waals surface area contributed by atoms with Gasteiger partial charge in [0.1, 0.15) is 0 Å².